The number of benzene rings is 1. The quantitative estimate of drug-likeness (QED) is 0.912. The summed E-state index contributed by atoms with van der Waals surface area (Å²) in [5, 5.41) is 19.3. The molecule has 1 N–H and O–H groups in total. The third kappa shape index (κ3) is 4.30. The van der Waals surface area contributed by atoms with E-state index in [1.165, 1.54) is 0 Å². The minimum Gasteiger partial charge on any atom is -0.390 e. The first-order chi connectivity index (χ1) is 10.6. The molecule has 1 aromatic rings. The molecule has 0 unspecified atom stereocenters. The van der Waals surface area contributed by atoms with Crippen LogP contribution in [0.1, 0.15) is 30.9 Å². The van der Waals surface area contributed by atoms with Crippen molar-refractivity contribution in [3.8, 4) is 6.07 Å². The van der Waals surface area contributed by atoms with Gasteiger partial charge in [0.1, 0.15) is 0 Å². The summed E-state index contributed by atoms with van der Waals surface area (Å²) in [5.41, 5.74) is 1.63. The maximum atomic E-state index is 12.0. The Balaban J connectivity index is 2.02. The molecule has 1 aliphatic rings. The maximum Gasteiger partial charge on any atom is 0.222 e. The smallest absolute Gasteiger partial charge is 0.222 e. The number of aliphatic hydroxyl groups is 1. The van der Waals surface area contributed by atoms with Crippen LogP contribution in [0.3, 0.4) is 0 Å². The van der Waals surface area contributed by atoms with Crippen molar-refractivity contribution in [2.24, 2.45) is 0 Å². The molecule has 0 aromatic heterocycles. The molecule has 0 saturated carbocycles. The number of β-amino-alcohol motifs (C(OH)–C–C–N with tert-alkyl or cyclic N) is 1. The van der Waals surface area contributed by atoms with E-state index in [9.17, 15) is 9.90 Å². The summed E-state index contributed by atoms with van der Waals surface area (Å²) in [6.07, 6.45) is 0.812. The molecule has 1 atom stereocenters. The lowest BCUT2D eigenvalue weighted by Gasteiger charge is -2.22. The van der Waals surface area contributed by atoms with E-state index in [4.69, 9.17) is 5.26 Å². The zero-order valence-corrected chi connectivity index (χ0v) is 13.0. The normalized spacial score (nSPS) is 19.5. The predicted octanol–water partition coefficient (Wildman–Crippen LogP) is 1.36. The fourth-order valence-corrected chi connectivity index (χ4v) is 2.81. The second-order valence-corrected chi connectivity index (χ2v) is 5.75. The molecule has 1 aromatic carbocycles. The van der Waals surface area contributed by atoms with Gasteiger partial charge in [0.25, 0.3) is 0 Å². The summed E-state index contributed by atoms with van der Waals surface area (Å²) in [4.78, 5) is 15.9. The van der Waals surface area contributed by atoms with E-state index in [0.717, 1.165) is 12.0 Å². The van der Waals surface area contributed by atoms with Crippen LogP contribution in [0, 0.1) is 11.3 Å². The SMILES string of the molecule is CCCC(=O)N1CCN(Cc2ccccc2C#N)C[C@@H](O)C1. The van der Waals surface area contributed by atoms with E-state index >= 15 is 0 Å². The number of rotatable bonds is 4. The number of carbonyl (C=O) groups is 1. The molecule has 5 nitrogen and oxygen atoms in total. The van der Waals surface area contributed by atoms with Crippen molar-refractivity contribution in [2.45, 2.75) is 32.4 Å². The van der Waals surface area contributed by atoms with Gasteiger partial charge in [0, 0.05) is 39.1 Å². The van der Waals surface area contributed by atoms with E-state index in [0.29, 0.717) is 44.7 Å². The van der Waals surface area contributed by atoms with Crippen LogP contribution in [0.15, 0.2) is 24.3 Å². The average Bonchev–Trinajstić information content (AvgIpc) is 2.69. The molecular formula is C17H23N3O2. The highest BCUT2D eigenvalue weighted by atomic mass is 16.3. The van der Waals surface area contributed by atoms with Gasteiger partial charge in [-0.15, -0.1) is 0 Å². The molecule has 0 spiro atoms. The zero-order valence-electron chi connectivity index (χ0n) is 13.0. The molecule has 1 amide bonds. The lowest BCUT2D eigenvalue weighted by Crippen LogP contribution is -2.37. The Kier molecular flexibility index (Phi) is 5.93. The lowest BCUT2D eigenvalue weighted by atomic mass is 10.1. The molecule has 1 heterocycles. The highest BCUT2D eigenvalue weighted by Gasteiger charge is 2.24. The van der Waals surface area contributed by atoms with Gasteiger partial charge in [-0.1, -0.05) is 25.1 Å². The van der Waals surface area contributed by atoms with Crippen LogP contribution in [0.2, 0.25) is 0 Å². The molecule has 5 heteroatoms. The monoisotopic (exact) mass is 301 g/mol. The average molecular weight is 301 g/mol. The van der Waals surface area contributed by atoms with Crippen molar-refractivity contribution in [2.75, 3.05) is 26.2 Å². The van der Waals surface area contributed by atoms with Crippen LogP contribution >= 0.6 is 0 Å². The van der Waals surface area contributed by atoms with Crippen LogP contribution in [-0.4, -0.2) is 53.1 Å². The Morgan fingerprint density at radius 3 is 2.86 bits per heavy atom. The molecular weight excluding hydrogens is 278 g/mol. The predicted molar refractivity (Wildman–Crippen MR) is 83.9 cm³/mol. The molecule has 118 valence electrons. The van der Waals surface area contributed by atoms with Crippen LogP contribution < -0.4 is 0 Å². The van der Waals surface area contributed by atoms with Gasteiger partial charge < -0.3 is 10.0 Å². The van der Waals surface area contributed by atoms with Gasteiger partial charge in [-0.2, -0.15) is 5.26 Å². The summed E-state index contributed by atoms with van der Waals surface area (Å²) in [7, 11) is 0. The second-order valence-electron chi connectivity index (χ2n) is 5.75. The summed E-state index contributed by atoms with van der Waals surface area (Å²) in [5.74, 6) is 0.112. The Morgan fingerprint density at radius 1 is 1.36 bits per heavy atom. The van der Waals surface area contributed by atoms with Crippen molar-refractivity contribution in [3.05, 3.63) is 35.4 Å². The largest absolute Gasteiger partial charge is 0.390 e. The van der Waals surface area contributed by atoms with Crippen LogP contribution in [0.5, 0.6) is 0 Å². The first-order valence-corrected chi connectivity index (χ1v) is 7.80. The number of carbonyl (C=O) groups excluding carboxylic acids is 1. The van der Waals surface area contributed by atoms with Crippen molar-refractivity contribution in [3.63, 3.8) is 0 Å². The van der Waals surface area contributed by atoms with Gasteiger partial charge in [-0.05, 0) is 18.1 Å². The van der Waals surface area contributed by atoms with Gasteiger partial charge >= 0.3 is 0 Å². The van der Waals surface area contributed by atoms with E-state index in [1.54, 1.807) is 11.0 Å². The van der Waals surface area contributed by atoms with Crippen molar-refractivity contribution >= 4 is 5.91 Å². The second kappa shape index (κ2) is 7.92. The number of hydrogen-bond acceptors (Lipinski definition) is 4. The van der Waals surface area contributed by atoms with Gasteiger partial charge in [0.05, 0.1) is 17.7 Å². The van der Waals surface area contributed by atoms with Gasteiger partial charge in [0.15, 0.2) is 0 Å². The van der Waals surface area contributed by atoms with Gasteiger partial charge in [0.2, 0.25) is 5.91 Å². The van der Waals surface area contributed by atoms with Crippen LogP contribution in [0.4, 0.5) is 0 Å². The summed E-state index contributed by atoms with van der Waals surface area (Å²) in [6.45, 7) is 4.87. The summed E-state index contributed by atoms with van der Waals surface area (Å²) < 4.78 is 0. The third-order valence-electron chi connectivity index (χ3n) is 3.93. The molecule has 0 radical (unpaired) electrons. The molecule has 1 aliphatic heterocycles. The van der Waals surface area contributed by atoms with Gasteiger partial charge in [-0.3, -0.25) is 9.69 Å². The van der Waals surface area contributed by atoms with Crippen molar-refractivity contribution < 1.29 is 9.90 Å². The molecule has 2 rings (SSSR count). The lowest BCUT2D eigenvalue weighted by molar-refractivity contribution is -0.132. The fourth-order valence-electron chi connectivity index (χ4n) is 2.81. The number of amides is 1. The number of nitriles is 1. The topological polar surface area (TPSA) is 67.6 Å². The zero-order chi connectivity index (χ0) is 15.9. The van der Waals surface area contributed by atoms with Crippen LogP contribution in [0.25, 0.3) is 0 Å². The molecule has 0 aliphatic carbocycles. The Labute approximate surface area is 131 Å². The fraction of sp³-hybridized carbons (Fsp3) is 0.529. The first kappa shape index (κ1) is 16.5. The molecule has 1 saturated heterocycles. The number of aliphatic hydroxyl groups excluding tert-OH is 1. The summed E-state index contributed by atoms with van der Waals surface area (Å²) in [6, 6.07) is 9.72. The summed E-state index contributed by atoms with van der Waals surface area (Å²) >= 11 is 0. The van der Waals surface area contributed by atoms with E-state index < -0.39 is 6.10 Å². The third-order valence-corrected chi connectivity index (χ3v) is 3.93. The van der Waals surface area contributed by atoms with E-state index in [2.05, 4.69) is 11.0 Å². The molecule has 22 heavy (non-hydrogen) atoms. The highest BCUT2D eigenvalue weighted by molar-refractivity contribution is 5.76. The Morgan fingerprint density at radius 2 is 2.14 bits per heavy atom. The van der Waals surface area contributed by atoms with E-state index in [1.807, 2.05) is 25.1 Å². The number of hydrogen-bond donors (Lipinski definition) is 1. The van der Waals surface area contributed by atoms with Crippen LogP contribution in [-0.2, 0) is 11.3 Å². The first-order valence-electron chi connectivity index (χ1n) is 7.80. The maximum absolute atomic E-state index is 12.0. The standard InChI is InChI=1S/C17H23N3O2/c1-2-5-17(22)20-9-8-19(12-16(21)13-20)11-15-7-4-3-6-14(15)10-18/h3-4,6-7,16,21H,2,5,8-9,11-13H2,1H3/t16-/m1/s1. The van der Waals surface area contributed by atoms with Gasteiger partial charge in [-0.25, -0.2) is 0 Å². The van der Waals surface area contributed by atoms with Crippen molar-refractivity contribution in [1.82, 2.24) is 9.80 Å². The Hall–Kier alpha value is -1.90. The Bertz CT molecular complexity index is 553. The number of nitrogens with zero attached hydrogens (tertiary/aromatic N) is 3. The molecule has 0 bridgehead atoms. The van der Waals surface area contributed by atoms with E-state index in [-0.39, 0.29) is 5.91 Å². The van der Waals surface area contributed by atoms with Crippen molar-refractivity contribution in [1.29, 1.82) is 5.26 Å². The minimum absolute atomic E-state index is 0.112. The minimum atomic E-state index is -0.544. The molecule has 1 fully saturated rings. The highest BCUT2D eigenvalue weighted by Crippen LogP contribution is 2.14.